The van der Waals surface area contributed by atoms with E-state index in [1.54, 1.807) is 0 Å². The quantitative estimate of drug-likeness (QED) is 0.316. The average molecular weight is 663 g/mol. The summed E-state index contributed by atoms with van der Waals surface area (Å²) >= 11 is 0. The second-order valence-corrected chi connectivity index (χ2v) is 14.9. The van der Waals surface area contributed by atoms with Crippen molar-refractivity contribution < 1.29 is 52.1 Å². The summed E-state index contributed by atoms with van der Waals surface area (Å²) in [5, 5.41) is 19.5. The van der Waals surface area contributed by atoms with E-state index < -0.39 is 65.2 Å². The van der Waals surface area contributed by atoms with E-state index in [2.05, 4.69) is 13.0 Å². The summed E-state index contributed by atoms with van der Waals surface area (Å²) in [5.41, 5.74) is 1.23. The molecule has 7 rings (SSSR count). The highest BCUT2D eigenvalue weighted by molar-refractivity contribution is 6.02. The van der Waals surface area contributed by atoms with Crippen LogP contribution in [0.15, 0.2) is 34.9 Å². The normalized spacial score (nSPS) is 39.6. The minimum absolute atomic E-state index is 0.0175. The van der Waals surface area contributed by atoms with Gasteiger partial charge in [0.05, 0.1) is 17.7 Å². The van der Waals surface area contributed by atoms with Gasteiger partial charge in [-0.3, -0.25) is 14.4 Å². The van der Waals surface area contributed by atoms with Crippen LogP contribution in [0.2, 0.25) is 0 Å². The Bertz CT molecular complexity index is 1560. The van der Waals surface area contributed by atoms with Crippen molar-refractivity contribution in [2.45, 2.75) is 103 Å². The summed E-state index contributed by atoms with van der Waals surface area (Å²) in [7, 11) is 0. The van der Waals surface area contributed by atoms with Gasteiger partial charge in [0.15, 0.2) is 5.78 Å². The number of ether oxygens (including phenoxy) is 2. The Morgan fingerprint density at radius 1 is 1.11 bits per heavy atom. The number of alkyl halides is 3. The molecule has 0 bridgehead atoms. The molecule has 256 valence electrons. The summed E-state index contributed by atoms with van der Waals surface area (Å²) in [5.74, 6) is -3.41. The summed E-state index contributed by atoms with van der Waals surface area (Å²) < 4.78 is 53.9. The number of Topliss-reactive ketones (excluding diaryl/α,β-unsaturated/α-hetero) is 1. The van der Waals surface area contributed by atoms with Gasteiger partial charge in [0, 0.05) is 42.5 Å². The van der Waals surface area contributed by atoms with Crippen LogP contribution in [-0.2, 0) is 19.1 Å². The van der Waals surface area contributed by atoms with Crippen molar-refractivity contribution in [2.24, 2.45) is 35.0 Å². The average Bonchev–Trinajstić information content (AvgIpc) is 3.59. The lowest BCUT2D eigenvalue weighted by Gasteiger charge is -2.48. The van der Waals surface area contributed by atoms with E-state index in [0.29, 0.717) is 49.7 Å². The second kappa shape index (κ2) is 10.8. The van der Waals surface area contributed by atoms with E-state index in [9.17, 15) is 37.8 Å². The topological polar surface area (TPSA) is 128 Å². The van der Waals surface area contributed by atoms with E-state index in [4.69, 9.17) is 14.3 Å². The number of fused-ring (bicyclic) bond motifs is 6. The monoisotopic (exact) mass is 662 g/mol. The number of rotatable bonds is 2. The van der Waals surface area contributed by atoms with Crippen LogP contribution in [0.25, 0.3) is 0 Å². The maximum absolute atomic E-state index is 14.6. The number of likely N-dealkylation sites (tertiary alicyclic amines) is 1. The molecule has 1 aromatic heterocycles. The number of carbonyl (C=O) groups excluding carboxylic acids is 3. The van der Waals surface area contributed by atoms with Gasteiger partial charge in [0.1, 0.15) is 6.10 Å². The van der Waals surface area contributed by atoms with Crippen LogP contribution in [0.1, 0.15) is 72.6 Å². The lowest BCUT2D eigenvalue weighted by atomic mass is 9.56. The zero-order valence-corrected chi connectivity index (χ0v) is 26.9. The molecule has 1 aromatic rings. The molecule has 1 amide bonds. The summed E-state index contributed by atoms with van der Waals surface area (Å²) in [6.45, 7) is 7.76. The predicted molar refractivity (Wildman–Crippen MR) is 159 cm³/mol. The Morgan fingerprint density at radius 3 is 2.49 bits per heavy atom. The van der Waals surface area contributed by atoms with Crippen LogP contribution in [0.5, 0.6) is 11.8 Å². The molecule has 2 saturated carbocycles. The highest BCUT2D eigenvalue weighted by atomic mass is 19.4. The van der Waals surface area contributed by atoms with Crippen molar-refractivity contribution in [1.29, 1.82) is 0 Å². The van der Waals surface area contributed by atoms with Crippen molar-refractivity contribution in [2.75, 3.05) is 6.54 Å². The highest BCUT2D eigenvalue weighted by Gasteiger charge is 2.65. The molecule has 2 aliphatic heterocycles. The zero-order valence-electron chi connectivity index (χ0n) is 26.9. The van der Waals surface area contributed by atoms with Gasteiger partial charge in [-0.15, -0.1) is 4.73 Å². The Hall–Kier alpha value is -3.48. The number of piperidine rings is 1. The van der Waals surface area contributed by atoms with Gasteiger partial charge in [-0.2, -0.15) is 13.2 Å². The molecule has 4 aliphatic carbocycles. The molecular weight excluding hydrogens is 621 g/mol. The third-order valence-corrected chi connectivity index (χ3v) is 12.4. The maximum Gasteiger partial charge on any atom is 0.534 e. The number of nitrogens with zero attached hydrogens (tertiary/aromatic N) is 2. The molecule has 0 aromatic carbocycles. The van der Waals surface area contributed by atoms with Gasteiger partial charge < -0.3 is 24.6 Å². The number of halogens is 3. The molecule has 2 N–H and O–H groups in total. The minimum atomic E-state index is -4.97. The molecular formula is C34H41F3N2O8. The first kappa shape index (κ1) is 32.1. The lowest BCUT2D eigenvalue weighted by Crippen LogP contribution is -2.57. The van der Waals surface area contributed by atoms with E-state index in [0.717, 1.165) is 21.6 Å². The maximum atomic E-state index is 14.6. The fourth-order valence-electron chi connectivity index (χ4n) is 10.4. The van der Waals surface area contributed by atoms with Gasteiger partial charge in [0.2, 0.25) is 11.8 Å². The first-order valence-corrected chi connectivity index (χ1v) is 16.6. The Morgan fingerprint density at radius 2 is 1.81 bits per heavy atom. The summed E-state index contributed by atoms with van der Waals surface area (Å²) in [6.07, 6.45) is -0.914. The third-order valence-electron chi connectivity index (χ3n) is 12.4. The van der Waals surface area contributed by atoms with E-state index in [-0.39, 0.29) is 36.0 Å². The molecule has 1 spiro atoms. The number of carbonyl (C=O) groups is 3. The molecule has 13 heteroatoms. The molecule has 4 fully saturated rings. The van der Waals surface area contributed by atoms with E-state index in [1.165, 1.54) is 12.1 Å². The Balaban J connectivity index is 1.12. The number of aromatic hydroxyl groups is 2. The fraction of sp³-hybridized carbons (Fsp3) is 0.676. The fourth-order valence-corrected chi connectivity index (χ4v) is 10.4. The van der Waals surface area contributed by atoms with Gasteiger partial charge >= 0.3 is 18.2 Å². The van der Waals surface area contributed by atoms with E-state index in [1.807, 2.05) is 20.8 Å². The third kappa shape index (κ3) is 4.73. The smallest absolute Gasteiger partial charge is 0.492 e. The largest absolute Gasteiger partial charge is 0.534 e. The summed E-state index contributed by atoms with van der Waals surface area (Å²) in [4.78, 5) is 45.5. The van der Waals surface area contributed by atoms with Crippen molar-refractivity contribution in [1.82, 2.24) is 9.63 Å². The molecule has 2 saturated heterocycles. The molecule has 47 heavy (non-hydrogen) atoms. The van der Waals surface area contributed by atoms with Crippen molar-refractivity contribution in [3.05, 3.63) is 34.9 Å². The number of aromatic nitrogens is 1. The highest BCUT2D eigenvalue weighted by Crippen LogP contribution is 2.64. The second-order valence-electron chi connectivity index (χ2n) is 14.9. The number of amides is 1. The van der Waals surface area contributed by atoms with Gasteiger partial charge in [-0.25, -0.2) is 4.79 Å². The first-order chi connectivity index (χ1) is 22.1. The van der Waals surface area contributed by atoms with Crippen LogP contribution in [-0.4, -0.2) is 74.3 Å². The van der Waals surface area contributed by atoms with E-state index >= 15 is 0 Å². The SMILES string of the molecule is CC1=C2C(=O)[C@H]3[C@@H](CC=C4C[C@@H](OC(=O)On5c(O)ccc5O)CC[C@@]43C)[C@@H]2CC[C@]12O[C@@H]1C[C@H](C)CN(C(=O)C(F)(F)F)[C@H]1[C@H]2C. The van der Waals surface area contributed by atoms with Crippen LogP contribution in [0, 0.1) is 35.0 Å². The minimum Gasteiger partial charge on any atom is -0.492 e. The van der Waals surface area contributed by atoms with Gasteiger partial charge in [-0.05, 0) is 74.2 Å². The standard InChI is InChI=1S/C34H41F3N2O8/c1-16-13-23-28(38(15-16)30(43)34(35,36)37)18(3)33(46-23)12-10-21-22-6-5-19-14-20(45-31(44)47-39-24(40)7-8-25(39)41)9-11-32(19,4)27(22)29(42)26(21)17(33)2/h5,7-8,16,18,20-23,27-28,40-41H,6,9-15H2,1-4H3/t16-,18+,20-,21-,22-,23+,27+,28-,32-,33-/m0/s1. The van der Waals surface area contributed by atoms with Gasteiger partial charge in [0.25, 0.3) is 0 Å². The predicted octanol–water partition coefficient (Wildman–Crippen LogP) is 5.47. The summed E-state index contributed by atoms with van der Waals surface area (Å²) in [6, 6.07) is 1.62. The Kier molecular flexibility index (Phi) is 7.35. The van der Waals surface area contributed by atoms with Gasteiger partial charge in [-0.1, -0.05) is 32.4 Å². The van der Waals surface area contributed by atoms with Crippen LogP contribution in [0.4, 0.5) is 18.0 Å². The Labute approximate surface area is 270 Å². The zero-order chi connectivity index (χ0) is 33.8. The van der Waals surface area contributed by atoms with Crippen molar-refractivity contribution >= 4 is 17.8 Å². The number of hydrogen-bond donors (Lipinski definition) is 2. The van der Waals surface area contributed by atoms with Crippen LogP contribution < -0.4 is 4.84 Å². The molecule has 10 nitrogen and oxygen atoms in total. The number of ketones is 1. The molecule has 0 radical (unpaired) electrons. The van der Waals surface area contributed by atoms with Crippen molar-refractivity contribution in [3.63, 3.8) is 0 Å². The van der Waals surface area contributed by atoms with Crippen LogP contribution in [0.3, 0.4) is 0 Å². The lowest BCUT2D eigenvalue weighted by molar-refractivity contribution is -0.192. The van der Waals surface area contributed by atoms with Crippen molar-refractivity contribution in [3.8, 4) is 11.8 Å². The number of hydrogen-bond acceptors (Lipinski definition) is 8. The molecule has 10 atom stereocenters. The molecule has 6 aliphatic rings. The van der Waals surface area contributed by atoms with Crippen LogP contribution >= 0.6 is 0 Å². The first-order valence-electron chi connectivity index (χ1n) is 16.6. The molecule has 3 heterocycles. The molecule has 0 unspecified atom stereocenters. The number of allylic oxidation sites excluding steroid dienone is 2.